The molecule has 0 fully saturated rings. The Hall–Kier alpha value is -1.33. The van der Waals surface area contributed by atoms with E-state index in [0.717, 1.165) is 18.1 Å². The summed E-state index contributed by atoms with van der Waals surface area (Å²) in [6, 6.07) is 4.06. The fourth-order valence-electron chi connectivity index (χ4n) is 1.80. The predicted molar refractivity (Wildman–Crippen MR) is 73.9 cm³/mol. The van der Waals surface area contributed by atoms with Crippen LogP contribution < -0.4 is 10.6 Å². The number of rotatable bonds is 7. The summed E-state index contributed by atoms with van der Waals surface area (Å²) in [5.74, 6) is 0.906. The molecule has 0 saturated carbocycles. The second-order valence-electron chi connectivity index (χ2n) is 4.33. The van der Waals surface area contributed by atoms with Crippen LogP contribution in [0.15, 0.2) is 12.1 Å². The molecular formula is C13H23N3O2. The first kappa shape index (κ1) is 14.7. The molecule has 0 bridgehead atoms. The molecule has 1 aromatic rings. The molecule has 0 aliphatic carbocycles. The van der Waals surface area contributed by atoms with Crippen LogP contribution in [0.3, 0.4) is 0 Å². The molecule has 0 aliphatic rings. The van der Waals surface area contributed by atoms with E-state index >= 15 is 0 Å². The van der Waals surface area contributed by atoms with Crippen LogP contribution in [0.1, 0.15) is 12.6 Å². The van der Waals surface area contributed by atoms with Crippen LogP contribution in [0.4, 0.5) is 11.5 Å². The largest absolute Gasteiger partial charge is 0.397 e. The molecule has 1 atom stereocenters. The Labute approximate surface area is 109 Å². The number of nitrogens with two attached hydrogens (primary N) is 1. The molecule has 0 radical (unpaired) electrons. The molecule has 18 heavy (non-hydrogen) atoms. The number of aromatic nitrogens is 1. The van der Waals surface area contributed by atoms with Crippen LogP contribution >= 0.6 is 0 Å². The molecule has 1 rings (SSSR count). The van der Waals surface area contributed by atoms with Crippen molar-refractivity contribution in [2.24, 2.45) is 0 Å². The lowest BCUT2D eigenvalue weighted by molar-refractivity contribution is 0.170. The number of pyridine rings is 1. The Bertz CT molecular complexity index is 371. The average molecular weight is 253 g/mol. The fourth-order valence-corrected chi connectivity index (χ4v) is 1.80. The van der Waals surface area contributed by atoms with Gasteiger partial charge in [0.25, 0.3) is 0 Å². The van der Waals surface area contributed by atoms with Gasteiger partial charge in [0, 0.05) is 20.8 Å². The van der Waals surface area contributed by atoms with Crippen LogP contribution in [0.5, 0.6) is 0 Å². The standard InChI is InChI=1S/C13H23N3O2/c1-10(9-18-4)16(7-8-17-3)13-6-5-12(14)11(2)15-13/h5-6,10H,7-9,14H2,1-4H3. The van der Waals surface area contributed by atoms with Crippen molar-refractivity contribution in [1.82, 2.24) is 4.98 Å². The Kier molecular flexibility index (Phi) is 5.88. The number of nitrogen functional groups attached to an aromatic ring is 1. The third kappa shape index (κ3) is 3.85. The average Bonchev–Trinajstić information content (AvgIpc) is 2.34. The maximum atomic E-state index is 5.79. The molecule has 1 unspecified atom stereocenters. The highest BCUT2D eigenvalue weighted by atomic mass is 16.5. The summed E-state index contributed by atoms with van der Waals surface area (Å²) < 4.78 is 10.3. The highest BCUT2D eigenvalue weighted by molar-refractivity contribution is 5.50. The molecule has 1 aromatic heterocycles. The lowest BCUT2D eigenvalue weighted by Crippen LogP contribution is -2.39. The smallest absolute Gasteiger partial charge is 0.129 e. The normalized spacial score (nSPS) is 12.4. The van der Waals surface area contributed by atoms with E-state index in [1.165, 1.54) is 0 Å². The predicted octanol–water partition coefficient (Wildman–Crippen LogP) is 1.46. The zero-order chi connectivity index (χ0) is 13.5. The Morgan fingerprint density at radius 2 is 2.06 bits per heavy atom. The molecule has 102 valence electrons. The molecule has 0 spiro atoms. The molecule has 1 heterocycles. The van der Waals surface area contributed by atoms with Gasteiger partial charge in [-0.3, -0.25) is 0 Å². The van der Waals surface area contributed by atoms with E-state index in [1.807, 2.05) is 19.1 Å². The van der Waals surface area contributed by atoms with E-state index in [0.29, 0.717) is 18.9 Å². The zero-order valence-corrected chi connectivity index (χ0v) is 11.6. The summed E-state index contributed by atoms with van der Waals surface area (Å²) in [6.45, 7) is 6.09. The molecule has 0 aliphatic heterocycles. The van der Waals surface area contributed by atoms with Crippen molar-refractivity contribution in [2.75, 3.05) is 44.6 Å². The number of anilines is 2. The minimum absolute atomic E-state index is 0.237. The van der Waals surface area contributed by atoms with Crippen LogP contribution in [0.2, 0.25) is 0 Å². The van der Waals surface area contributed by atoms with Crippen LogP contribution in [0.25, 0.3) is 0 Å². The van der Waals surface area contributed by atoms with Crippen molar-refractivity contribution in [1.29, 1.82) is 0 Å². The van der Waals surface area contributed by atoms with Crippen LogP contribution in [-0.2, 0) is 9.47 Å². The van der Waals surface area contributed by atoms with Crippen molar-refractivity contribution in [3.8, 4) is 0 Å². The van der Waals surface area contributed by atoms with Gasteiger partial charge in [0.15, 0.2) is 0 Å². The van der Waals surface area contributed by atoms with Crippen molar-refractivity contribution in [3.63, 3.8) is 0 Å². The second-order valence-corrected chi connectivity index (χ2v) is 4.33. The lowest BCUT2D eigenvalue weighted by Gasteiger charge is -2.30. The number of hydrogen-bond donors (Lipinski definition) is 1. The Balaban J connectivity index is 2.89. The van der Waals surface area contributed by atoms with Crippen LogP contribution in [-0.4, -0.2) is 45.0 Å². The minimum atomic E-state index is 0.237. The van der Waals surface area contributed by atoms with E-state index < -0.39 is 0 Å². The molecule has 5 nitrogen and oxygen atoms in total. The van der Waals surface area contributed by atoms with Gasteiger partial charge >= 0.3 is 0 Å². The van der Waals surface area contributed by atoms with E-state index in [1.54, 1.807) is 14.2 Å². The first-order valence-electron chi connectivity index (χ1n) is 6.07. The van der Waals surface area contributed by atoms with Gasteiger partial charge in [0.1, 0.15) is 5.82 Å². The van der Waals surface area contributed by atoms with Crippen molar-refractivity contribution < 1.29 is 9.47 Å². The van der Waals surface area contributed by atoms with Crippen molar-refractivity contribution in [2.45, 2.75) is 19.9 Å². The van der Waals surface area contributed by atoms with Gasteiger partial charge < -0.3 is 20.1 Å². The summed E-state index contributed by atoms with van der Waals surface area (Å²) in [4.78, 5) is 6.69. The highest BCUT2D eigenvalue weighted by Gasteiger charge is 2.16. The van der Waals surface area contributed by atoms with Gasteiger partial charge in [-0.2, -0.15) is 0 Å². The second kappa shape index (κ2) is 7.18. The van der Waals surface area contributed by atoms with E-state index in [-0.39, 0.29) is 6.04 Å². The number of ether oxygens (including phenoxy) is 2. The van der Waals surface area contributed by atoms with Gasteiger partial charge in [-0.25, -0.2) is 4.98 Å². The Morgan fingerprint density at radius 1 is 1.33 bits per heavy atom. The van der Waals surface area contributed by atoms with Gasteiger partial charge in [-0.1, -0.05) is 0 Å². The summed E-state index contributed by atoms with van der Waals surface area (Å²) in [5, 5.41) is 0. The topological polar surface area (TPSA) is 60.6 Å². The Morgan fingerprint density at radius 3 is 2.61 bits per heavy atom. The lowest BCUT2D eigenvalue weighted by atomic mass is 10.2. The molecule has 2 N–H and O–H groups in total. The molecule has 0 amide bonds. The quantitative estimate of drug-likeness (QED) is 0.797. The van der Waals surface area contributed by atoms with Crippen molar-refractivity contribution in [3.05, 3.63) is 17.8 Å². The number of hydrogen-bond acceptors (Lipinski definition) is 5. The van der Waals surface area contributed by atoms with E-state index in [4.69, 9.17) is 15.2 Å². The fraction of sp³-hybridized carbons (Fsp3) is 0.615. The SMILES string of the molecule is COCCN(c1ccc(N)c(C)n1)C(C)COC. The molecular weight excluding hydrogens is 230 g/mol. The van der Waals surface area contributed by atoms with Gasteiger partial charge in [0.2, 0.25) is 0 Å². The van der Waals surface area contributed by atoms with E-state index in [9.17, 15) is 0 Å². The summed E-state index contributed by atoms with van der Waals surface area (Å²) >= 11 is 0. The number of aryl methyl sites for hydroxylation is 1. The zero-order valence-electron chi connectivity index (χ0n) is 11.6. The summed E-state index contributed by atoms with van der Waals surface area (Å²) in [6.07, 6.45) is 0. The van der Waals surface area contributed by atoms with E-state index in [2.05, 4.69) is 16.8 Å². The molecule has 5 heteroatoms. The van der Waals surface area contributed by atoms with Gasteiger partial charge in [-0.05, 0) is 26.0 Å². The maximum absolute atomic E-state index is 5.79. The molecule has 0 saturated heterocycles. The first-order chi connectivity index (χ1) is 8.60. The summed E-state index contributed by atoms with van der Waals surface area (Å²) in [7, 11) is 3.40. The maximum Gasteiger partial charge on any atom is 0.129 e. The first-order valence-corrected chi connectivity index (χ1v) is 6.07. The summed E-state index contributed by atoms with van der Waals surface area (Å²) in [5.41, 5.74) is 7.35. The molecule has 0 aromatic carbocycles. The number of methoxy groups -OCH3 is 2. The van der Waals surface area contributed by atoms with Gasteiger partial charge in [-0.15, -0.1) is 0 Å². The minimum Gasteiger partial charge on any atom is -0.397 e. The monoisotopic (exact) mass is 253 g/mol. The van der Waals surface area contributed by atoms with Gasteiger partial charge in [0.05, 0.1) is 30.6 Å². The highest BCUT2D eigenvalue weighted by Crippen LogP contribution is 2.18. The third-order valence-electron chi connectivity index (χ3n) is 2.88. The van der Waals surface area contributed by atoms with Crippen LogP contribution in [0, 0.1) is 6.92 Å². The third-order valence-corrected chi connectivity index (χ3v) is 2.88. The number of nitrogens with zero attached hydrogens (tertiary/aromatic N) is 2. The van der Waals surface area contributed by atoms with Crippen molar-refractivity contribution >= 4 is 11.5 Å².